The van der Waals surface area contributed by atoms with E-state index in [-0.39, 0.29) is 5.54 Å². The third-order valence-corrected chi connectivity index (χ3v) is 3.73. The molecule has 0 bridgehead atoms. The maximum atomic E-state index is 4.43. The standard InChI is InChI=1S/C15H20BrN3/c1-10-7-6-8-11(2)13(10)14-18-17-12(9-16)19(14)15(3,4)5/h6-8H,9H2,1-5H3. The van der Waals surface area contributed by atoms with Crippen molar-refractivity contribution >= 4 is 15.9 Å². The molecule has 1 aromatic carbocycles. The molecule has 0 N–H and O–H groups in total. The number of hydrogen-bond acceptors (Lipinski definition) is 2. The van der Waals surface area contributed by atoms with Crippen molar-refractivity contribution in [3.8, 4) is 11.4 Å². The van der Waals surface area contributed by atoms with Gasteiger partial charge in [0.2, 0.25) is 0 Å². The predicted molar refractivity (Wildman–Crippen MR) is 82.6 cm³/mol. The van der Waals surface area contributed by atoms with Crippen LogP contribution in [0.1, 0.15) is 37.7 Å². The van der Waals surface area contributed by atoms with Crippen molar-refractivity contribution in [2.45, 2.75) is 45.5 Å². The van der Waals surface area contributed by atoms with Gasteiger partial charge in [0, 0.05) is 11.1 Å². The Kier molecular flexibility index (Phi) is 3.81. The van der Waals surface area contributed by atoms with Crippen molar-refractivity contribution in [3.63, 3.8) is 0 Å². The van der Waals surface area contributed by atoms with Crippen molar-refractivity contribution in [3.05, 3.63) is 35.2 Å². The lowest BCUT2D eigenvalue weighted by atomic mass is 10.0. The fourth-order valence-corrected chi connectivity index (χ4v) is 2.80. The van der Waals surface area contributed by atoms with Gasteiger partial charge >= 0.3 is 0 Å². The Hall–Kier alpha value is -1.16. The van der Waals surface area contributed by atoms with Gasteiger partial charge < -0.3 is 4.57 Å². The number of alkyl halides is 1. The zero-order valence-corrected chi connectivity index (χ0v) is 13.7. The van der Waals surface area contributed by atoms with Crippen LogP contribution in [-0.2, 0) is 10.9 Å². The molecule has 19 heavy (non-hydrogen) atoms. The minimum atomic E-state index is -0.0450. The molecule has 0 aliphatic rings. The Morgan fingerprint density at radius 3 is 2.16 bits per heavy atom. The maximum Gasteiger partial charge on any atom is 0.165 e. The first-order chi connectivity index (χ1) is 8.86. The molecule has 2 rings (SSSR count). The van der Waals surface area contributed by atoms with Crippen molar-refractivity contribution in [2.75, 3.05) is 0 Å². The van der Waals surface area contributed by atoms with Crippen molar-refractivity contribution in [1.82, 2.24) is 14.8 Å². The third kappa shape index (κ3) is 2.59. The predicted octanol–water partition coefficient (Wildman–Crippen LogP) is 4.21. The van der Waals surface area contributed by atoms with E-state index in [1.54, 1.807) is 0 Å². The summed E-state index contributed by atoms with van der Waals surface area (Å²) in [6.45, 7) is 10.8. The SMILES string of the molecule is Cc1cccc(C)c1-c1nnc(CBr)n1C(C)(C)C. The topological polar surface area (TPSA) is 30.7 Å². The van der Waals surface area contributed by atoms with Gasteiger partial charge in [-0.3, -0.25) is 0 Å². The number of benzene rings is 1. The summed E-state index contributed by atoms with van der Waals surface area (Å²) in [4.78, 5) is 0. The van der Waals surface area contributed by atoms with Crippen LogP contribution in [0.25, 0.3) is 11.4 Å². The van der Waals surface area contributed by atoms with Gasteiger partial charge in [-0.1, -0.05) is 34.1 Å². The molecule has 0 atom stereocenters. The molecule has 102 valence electrons. The molecule has 0 unspecified atom stereocenters. The Balaban J connectivity index is 2.74. The molecule has 0 saturated heterocycles. The van der Waals surface area contributed by atoms with E-state index in [1.165, 1.54) is 16.7 Å². The summed E-state index contributed by atoms with van der Waals surface area (Å²) in [5.74, 6) is 1.92. The Labute approximate surface area is 123 Å². The van der Waals surface area contributed by atoms with E-state index in [0.717, 1.165) is 11.6 Å². The van der Waals surface area contributed by atoms with Gasteiger partial charge in [0.15, 0.2) is 5.82 Å². The highest BCUT2D eigenvalue weighted by Crippen LogP contribution is 2.31. The minimum absolute atomic E-state index is 0.0450. The summed E-state index contributed by atoms with van der Waals surface area (Å²) in [7, 11) is 0. The number of halogens is 1. The first-order valence-corrected chi connectivity index (χ1v) is 7.55. The average molecular weight is 322 g/mol. The summed E-state index contributed by atoms with van der Waals surface area (Å²) in [6, 6.07) is 6.33. The van der Waals surface area contributed by atoms with E-state index < -0.39 is 0 Å². The summed E-state index contributed by atoms with van der Waals surface area (Å²) in [5, 5.41) is 9.46. The minimum Gasteiger partial charge on any atom is -0.305 e. The molecule has 0 fully saturated rings. The lowest BCUT2D eigenvalue weighted by Crippen LogP contribution is -2.25. The van der Waals surface area contributed by atoms with Crippen LogP contribution in [0.3, 0.4) is 0 Å². The number of rotatable bonds is 2. The number of hydrogen-bond donors (Lipinski definition) is 0. The van der Waals surface area contributed by atoms with Gasteiger partial charge in [-0.15, -0.1) is 10.2 Å². The fraction of sp³-hybridized carbons (Fsp3) is 0.467. The number of aryl methyl sites for hydroxylation is 2. The highest BCUT2D eigenvalue weighted by Gasteiger charge is 2.24. The first kappa shape index (κ1) is 14.3. The van der Waals surface area contributed by atoms with Gasteiger partial charge in [-0.25, -0.2) is 0 Å². The summed E-state index contributed by atoms with van der Waals surface area (Å²) >= 11 is 3.50. The number of nitrogens with zero attached hydrogens (tertiary/aromatic N) is 3. The van der Waals surface area contributed by atoms with Crippen LogP contribution in [0.2, 0.25) is 0 Å². The molecule has 3 nitrogen and oxygen atoms in total. The van der Waals surface area contributed by atoms with Crippen LogP contribution in [0.4, 0.5) is 0 Å². The van der Waals surface area contributed by atoms with Crippen molar-refractivity contribution in [2.24, 2.45) is 0 Å². The van der Waals surface area contributed by atoms with Crippen LogP contribution >= 0.6 is 15.9 Å². The molecule has 0 radical (unpaired) electrons. The zero-order valence-electron chi connectivity index (χ0n) is 12.2. The Morgan fingerprint density at radius 2 is 1.68 bits per heavy atom. The molecular formula is C15H20BrN3. The summed E-state index contributed by atoms with van der Waals surface area (Å²) in [5.41, 5.74) is 3.62. The van der Waals surface area contributed by atoms with Crippen LogP contribution in [0.15, 0.2) is 18.2 Å². The monoisotopic (exact) mass is 321 g/mol. The Bertz CT molecular complexity index is 574. The van der Waals surface area contributed by atoms with Crippen LogP contribution < -0.4 is 0 Å². The molecule has 0 saturated carbocycles. The molecule has 0 aliphatic carbocycles. The zero-order chi connectivity index (χ0) is 14.2. The van der Waals surface area contributed by atoms with E-state index in [2.05, 4.69) is 83.5 Å². The van der Waals surface area contributed by atoms with E-state index in [0.29, 0.717) is 5.33 Å². The molecule has 0 aliphatic heterocycles. The van der Waals surface area contributed by atoms with E-state index in [1.807, 2.05) is 0 Å². The normalized spacial score (nSPS) is 11.9. The first-order valence-electron chi connectivity index (χ1n) is 6.43. The van der Waals surface area contributed by atoms with Gasteiger partial charge in [0.05, 0.1) is 5.33 Å². The quantitative estimate of drug-likeness (QED) is 0.775. The molecule has 0 spiro atoms. The highest BCUT2D eigenvalue weighted by atomic mass is 79.9. The van der Waals surface area contributed by atoms with E-state index in [4.69, 9.17) is 0 Å². The molecule has 4 heteroatoms. The van der Waals surface area contributed by atoms with E-state index >= 15 is 0 Å². The molecular weight excluding hydrogens is 302 g/mol. The molecule has 1 heterocycles. The van der Waals surface area contributed by atoms with Crippen LogP contribution in [0, 0.1) is 13.8 Å². The molecule has 2 aromatic rings. The van der Waals surface area contributed by atoms with Gasteiger partial charge in [0.1, 0.15) is 5.82 Å². The largest absolute Gasteiger partial charge is 0.305 e. The average Bonchev–Trinajstić information content (AvgIpc) is 2.72. The lowest BCUT2D eigenvalue weighted by Gasteiger charge is -2.25. The smallest absolute Gasteiger partial charge is 0.165 e. The lowest BCUT2D eigenvalue weighted by molar-refractivity contribution is 0.390. The number of aromatic nitrogens is 3. The summed E-state index contributed by atoms with van der Waals surface area (Å²) < 4.78 is 2.22. The van der Waals surface area contributed by atoms with Crippen LogP contribution in [0.5, 0.6) is 0 Å². The second-order valence-electron chi connectivity index (χ2n) is 5.85. The van der Waals surface area contributed by atoms with Gasteiger partial charge in [0.25, 0.3) is 0 Å². The van der Waals surface area contributed by atoms with Crippen molar-refractivity contribution in [1.29, 1.82) is 0 Å². The van der Waals surface area contributed by atoms with Crippen LogP contribution in [-0.4, -0.2) is 14.8 Å². The van der Waals surface area contributed by atoms with Crippen molar-refractivity contribution < 1.29 is 0 Å². The molecule has 1 aromatic heterocycles. The van der Waals surface area contributed by atoms with Gasteiger partial charge in [-0.05, 0) is 45.7 Å². The molecule has 0 amide bonds. The van der Waals surface area contributed by atoms with E-state index in [9.17, 15) is 0 Å². The second-order valence-corrected chi connectivity index (χ2v) is 6.41. The fourth-order valence-electron chi connectivity index (χ4n) is 2.44. The van der Waals surface area contributed by atoms with Gasteiger partial charge in [-0.2, -0.15) is 0 Å². The third-order valence-electron chi connectivity index (χ3n) is 3.23. The maximum absolute atomic E-state index is 4.43. The Morgan fingerprint density at radius 1 is 1.11 bits per heavy atom. The summed E-state index contributed by atoms with van der Waals surface area (Å²) in [6.07, 6.45) is 0. The second kappa shape index (κ2) is 5.08. The highest BCUT2D eigenvalue weighted by molar-refractivity contribution is 9.08.